The van der Waals surface area contributed by atoms with Crippen LogP contribution >= 0.6 is 0 Å². The van der Waals surface area contributed by atoms with Crippen LogP contribution in [-0.4, -0.2) is 0 Å². The van der Waals surface area contributed by atoms with Gasteiger partial charge in [0.2, 0.25) is 0 Å². The first kappa shape index (κ1) is 39.5. The zero-order chi connectivity index (χ0) is 44.2. The summed E-state index contributed by atoms with van der Waals surface area (Å²) in [6.07, 6.45) is 0. The van der Waals surface area contributed by atoms with Gasteiger partial charge in [-0.1, -0.05) is 60.7 Å². The molecule has 10 aromatic rings. The van der Waals surface area contributed by atoms with E-state index in [2.05, 4.69) is 12.1 Å². The maximum absolute atomic E-state index is 16.7. The maximum atomic E-state index is 16.7. The quantitative estimate of drug-likeness (QED) is 0.113. The molecule has 0 saturated carbocycles. The minimum Gasteiger partial charge on any atom is -0.307 e. The normalized spacial score (nSPS) is 11.2. The van der Waals surface area contributed by atoms with Crippen LogP contribution in [0.1, 0.15) is 11.1 Å². The summed E-state index contributed by atoms with van der Waals surface area (Å²) in [4.78, 5) is 3.29. The second kappa shape index (κ2) is 15.7. The van der Waals surface area contributed by atoms with Crippen molar-refractivity contribution in [1.82, 2.24) is 0 Å². The monoisotopic (exact) mass is 846 g/mol. The van der Waals surface area contributed by atoms with Crippen molar-refractivity contribution >= 4 is 66.4 Å². The summed E-state index contributed by atoms with van der Waals surface area (Å²) in [5.41, 5.74) is 3.51. The Balaban J connectivity index is 1.27. The molecule has 0 unspecified atom stereocenters. The van der Waals surface area contributed by atoms with Gasteiger partial charge >= 0.3 is 0 Å². The Labute approximate surface area is 362 Å². The highest BCUT2D eigenvalue weighted by atomic mass is 19.2. The van der Waals surface area contributed by atoms with Crippen LogP contribution in [0.4, 0.5) is 60.5 Å². The van der Waals surface area contributed by atoms with E-state index < -0.39 is 34.9 Å². The Kier molecular flexibility index (Phi) is 9.70. The summed E-state index contributed by atoms with van der Waals surface area (Å²) < 4.78 is 92.1. The highest BCUT2D eigenvalue weighted by Crippen LogP contribution is 2.51. The van der Waals surface area contributed by atoms with Gasteiger partial charge in [0.05, 0.1) is 46.0 Å². The van der Waals surface area contributed by atoms with Crippen LogP contribution in [-0.2, 0) is 0 Å². The van der Waals surface area contributed by atoms with E-state index in [-0.39, 0.29) is 22.5 Å². The molecule has 64 heavy (non-hydrogen) atoms. The first-order chi connectivity index (χ1) is 31.1. The number of hydrogen-bond donors (Lipinski definition) is 0. The number of nitrogens with zero attached hydrogens (tertiary/aromatic N) is 4. The second-order valence-corrected chi connectivity index (χ2v) is 15.2. The van der Waals surface area contributed by atoms with E-state index >= 15 is 17.6 Å². The summed E-state index contributed by atoms with van der Waals surface area (Å²) in [5.74, 6) is -4.51. The molecule has 0 radical (unpaired) electrons. The minimum absolute atomic E-state index is 0.0273. The van der Waals surface area contributed by atoms with Crippen molar-refractivity contribution in [3.8, 4) is 34.4 Å². The SMILES string of the molecule is N#Cc1ccc(N(c2c(F)cc(F)cc2-c2ccc(F)cc2)c2ccc3ccc4c(N(c5ccc(C#N)cc5)c5c(F)cc(F)cc5-c5ccc(F)cc5)ccc5ccc2c3c54)cc1. The number of anilines is 6. The van der Waals surface area contributed by atoms with Crippen LogP contribution in [0.25, 0.3) is 54.6 Å². The van der Waals surface area contributed by atoms with Gasteiger partial charge < -0.3 is 9.80 Å². The van der Waals surface area contributed by atoms with Gasteiger partial charge in [-0.15, -0.1) is 0 Å². The average molecular weight is 847 g/mol. The van der Waals surface area contributed by atoms with Gasteiger partial charge in [0, 0.05) is 45.4 Å². The van der Waals surface area contributed by atoms with E-state index in [0.717, 1.165) is 33.7 Å². The largest absolute Gasteiger partial charge is 0.307 e. The Hall–Kier alpha value is -8.60. The number of hydrogen-bond acceptors (Lipinski definition) is 4. The molecule has 0 spiro atoms. The van der Waals surface area contributed by atoms with Crippen molar-refractivity contribution in [1.29, 1.82) is 10.5 Å². The third kappa shape index (κ3) is 6.75. The van der Waals surface area contributed by atoms with Gasteiger partial charge in [-0.05, 0) is 130 Å². The van der Waals surface area contributed by atoms with Gasteiger partial charge in [0.25, 0.3) is 0 Å². The number of rotatable bonds is 8. The van der Waals surface area contributed by atoms with E-state index in [1.54, 1.807) is 58.3 Å². The first-order valence-corrected chi connectivity index (χ1v) is 19.9. The van der Waals surface area contributed by atoms with Gasteiger partial charge in [0.1, 0.15) is 23.3 Å². The molecule has 306 valence electrons. The fraction of sp³-hybridized carbons (Fsp3) is 0. The molecular formula is C54H28F6N4. The second-order valence-electron chi connectivity index (χ2n) is 15.2. The molecule has 0 aliphatic rings. The van der Waals surface area contributed by atoms with Gasteiger partial charge in [-0.25, -0.2) is 26.3 Å². The first-order valence-electron chi connectivity index (χ1n) is 19.9. The van der Waals surface area contributed by atoms with Crippen molar-refractivity contribution in [2.24, 2.45) is 0 Å². The smallest absolute Gasteiger partial charge is 0.150 e. The third-order valence-corrected chi connectivity index (χ3v) is 11.4. The van der Waals surface area contributed by atoms with Crippen molar-refractivity contribution in [3.63, 3.8) is 0 Å². The lowest BCUT2D eigenvalue weighted by Gasteiger charge is -2.31. The highest BCUT2D eigenvalue weighted by Gasteiger charge is 2.28. The number of nitriles is 2. The van der Waals surface area contributed by atoms with Crippen molar-refractivity contribution in [3.05, 3.63) is 216 Å². The van der Waals surface area contributed by atoms with Crippen molar-refractivity contribution in [2.45, 2.75) is 0 Å². The molecule has 0 amide bonds. The summed E-state index contributed by atoms with van der Waals surface area (Å²) in [6.45, 7) is 0. The van der Waals surface area contributed by atoms with Crippen molar-refractivity contribution < 1.29 is 26.3 Å². The van der Waals surface area contributed by atoms with Crippen molar-refractivity contribution in [2.75, 3.05) is 9.80 Å². The molecule has 10 aromatic carbocycles. The lowest BCUT2D eigenvalue weighted by atomic mass is 9.91. The van der Waals surface area contributed by atoms with Crippen LogP contribution in [0.5, 0.6) is 0 Å². The van der Waals surface area contributed by atoms with Crippen LogP contribution in [0.15, 0.2) is 170 Å². The average Bonchev–Trinajstić information content (AvgIpc) is 3.31. The van der Waals surface area contributed by atoms with E-state index in [1.807, 2.05) is 48.5 Å². The van der Waals surface area contributed by atoms with Crippen LogP contribution in [0.2, 0.25) is 0 Å². The number of benzene rings is 10. The van der Waals surface area contributed by atoms with E-state index in [0.29, 0.717) is 55.8 Å². The summed E-state index contributed by atoms with van der Waals surface area (Å²) >= 11 is 0. The highest BCUT2D eigenvalue weighted by molar-refractivity contribution is 6.28. The molecule has 10 heteroatoms. The zero-order valence-corrected chi connectivity index (χ0v) is 33.2. The third-order valence-electron chi connectivity index (χ3n) is 11.4. The lowest BCUT2D eigenvalue weighted by Crippen LogP contribution is -2.15. The van der Waals surface area contributed by atoms with E-state index in [9.17, 15) is 19.3 Å². The molecule has 0 N–H and O–H groups in total. The van der Waals surface area contributed by atoms with E-state index in [4.69, 9.17) is 0 Å². The predicted octanol–water partition coefficient (Wildman–Crippen LogP) is 15.4. The van der Waals surface area contributed by atoms with Gasteiger partial charge in [-0.2, -0.15) is 10.5 Å². The summed E-state index contributed by atoms with van der Waals surface area (Å²) in [5, 5.41) is 23.7. The molecule has 0 aromatic heterocycles. The lowest BCUT2D eigenvalue weighted by molar-refractivity contribution is 0.584. The topological polar surface area (TPSA) is 54.1 Å². The van der Waals surface area contributed by atoms with E-state index in [1.165, 1.54) is 60.7 Å². The summed E-state index contributed by atoms with van der Waals surface area (Å²) in [6, 6.07) is 46.9. The van der Waals surface area contributed by atoms with Crippen LogP contribution in [0.3, 0.4) is 0 Å². The van der Waals surface area contributed by atoms with Crippen LogP contribution < -0.4 is 9.80 Å². The van der Waals surface area contributed by atoms with Crippen LogP contribution in [0, 0.1) is 57.6 Å². The predicted molar refractivity (Wildman–Crippen MR) is 240 cm³/mol. The van der Waals surface area contributed by atoms with Gasteiger partial charge in [-0.3, -0.25) is 0 Å². The molecule has 0 saturated heterocycles. The molecule has 0 bridgehead atoms. The summed E-state index contributed by atoms with van der Waals surface area (Å²) in [7, 11) is 0. The minimum atomic E-state index is -0.895. The molecule has 10 rings (SSSR count). The molecule has 0 atom stereocenters. The Morgan fingerprint density at radius 3 is 1.08 bits per heavy atom. The fourth-order valence-electron chi connectivity index (χ4n) is 8.59. The molecule has 0 aliphatic carbocycles. The molecule has 0 heterocycles. The number of halogens is 6. The zero-order valence-electron chi connectivity index (χ0n) is 33.2. The molecular weight excluding hydrogens is 819 g/mol. The molecule has 4 nitrogen and oxygen atoms in total. The molecule has 0 fully saturated rings. The standard InChI is InChI=1S/C54H28F6N4/c55-37-13-5-33(6-14-37)45-25-39(57)27-47(59)53(45)63(41-17-1-31(29-61)2-18-41)49-23-11-35-10-22-44-50(24-12-36-9-21-43(49)51(35)52(36)44)64(42-19-3-32(30-62)4-20-42)54-46(26-40(58)28-48(54)60)34-7-15-38(56)16-8-34/h1-28H. The molecule has 0 aliphatic heterocycles. The Morgan fingerprint density at radius 2 is 0.719 bits per heavy atom. The Bertz CT molecular complexity index is 3290. The fourth-order valence-corrected chi connectivity index (χ4v) is 8.59. The Morgan fingerprint density at radius 1 is 0.359 bits per heavy atom. The van der Waals surface area contributed by atoms with Gasteiger partial charge in [0.15, 0.2) is 11.6 Å². The maximum Gasteiger partial charge on any atom is 0.150 e.